The van der Waals surface area contributed by atoms with Gasteiger partial charge in [0, 0.05) is 25.9 Å². The third-order valence-electron chi connectivity index (χ3n) is 7.45. The molecule has 236 valence electrons. The minimum Gasteiger partial charge on any atom is -0.490 e. The third kappa shape index (κ3) is 9.90. The van der Waals surface area contributed by atoms with Crippen LogP contribution in [0.2, 0.25) is 10.0 Å². The smallest absolute Gasteiger partial charge is 0.404 e. The number of carbonyl (C=O) groups is 2. The Morgan fingerprint density at radius 1 is 0.867 bits per heavy atom. The summed E-state index contributed by atoms with van der Waals surface area (Å²) in [7, 11) is 0. The van der Waals surface area contributed by atoms with E-state index in [0.29, 0.717) is 41.1 Å². The molecule has 0 radical (unpaired) electrons. The first kappa shape index (κ1) is 33.7. The van der Waals surface area contributed by atoms with E-state index in [0.717, 1.165) is 45.4 Å². The van der Waals surface area contributed by atoms with Crippen LogP contribution in [0.4, 0.5) is 4.79 Å². The van der Waals surface area contributed by atoms with Crippen molar-refractivity contribution in [1.29, 1.82) is 0 Å². The summed E-state index contributed by atoms with van der Waals surface area (Å²) >= 11 is 12.5. The second-order valence-corrected chi connectivity index (χ2v) is 11.8. The SMILES string of the molecule is CC(=O)NCCc1ccccc1-c1ccc(C(CNC(=O)O)Cc2ccc(OCCOc3c(Cl)cc(C)cc3Cl)cc2)c(C)c1. The van der Waals surface area contributed by atoms with Crippen LogP contribution in [-0.4, -0.2) is 43.4 Å². The molecule has 0 heterocycles. The Balaban J connectivity index is 1.42. The molecule has 7 nitrogen and oxygen atoms in total. The lowest BCUT2D eigenvalue weighted by atomic mass is 9.86. The molecule has 0 aliphatic carbocycles. The molecule has 45 heavy (non-hydrogen) atoms. The van der Waals surface area contributed by atoms with E-state index in [9.17, 15) is 14.7 Å². The van der Waals surface area contributed by atoms with E-state index in [4.69, 9.17) is 32.7 Å². The van der Waals surface area contributed by atoms with E-state index in [-0.39, 0.29) is 25.0 Å². The lowest BCUT2D eigenvalue weighted by molar-refractivity contribution is -0.118. The van der Waals surface area contributed by atoms with Gasteiger partial charge in [-0.25, -0.2) is 4.79 Å². The topological polar surface area (TPSA) is 96.9 Å². The van der Waals surface area contributed by atoms with Crippen molar-refractivity contribution in [2.24, 2.45) is 0 Å². The van der Waals surface area contributed by atoms with Crippen molar-refractivity contribution < 1.29 is 24.2 Å². The molecular formula is C36H38Cl2N2O5. The first-order chi connectivity index (χ1) is 21.6. The Morgan fingerprint density at radius 3 is 2.22 bits per heavy atom. The van der Waals surface area contributed by atoms with E-state index in [1.165, 1.54) is 6.92 Å². The molecule has 3 N–H and O–H groups in total. The number of hydrogen-bond acceptors (Lipinski definition) is 4. The quantitative estimate of drug-likeness (QED) is 0.120. The Labute approximate surface area is 274 Å². The van der Waals surface area contributed by atoms with Crippen LogP contribution in [0.25, 0.3) is 11.1 Å². The van der Waals surface area contributed by atoms with Crippen LogP contribution in [-0.2, 0) is 17.6 Å². The lowest BCUT2D eigenvalue weighted by Crippen LogP contribution is -2.28. The molecule has 0 aromatic heterocycles. The molecule has 4 aromatic carbocycles. The molecule has 0 spiro atoms. The number of halogens is 2. The fraction of sp³-hybridized carbons (Fsp3) is 0.278. The molecule has 0 aliphatic rings. The molecule has 0 fully saturated rings. The molecule has 4 aromatic rings. The highest BCUT2D eigenvalue weighted by atomic mass is 35.5. The number of benzene rings is 4. The fourth-order valence-corrected chi connectivity index (χ4v) is 6.04. The van der Waals surface area contributed by atoms with Gasteiger partial charge in [-0.1, -0.05) is 77.8 Å². The minimum atomic E-state index is -1.05. The average molecular weight is 650 g/mol. The number of carboxylic acid groups (broad SMARTS) is 1. The Kier molecular flexibility index (Phi) is 12.1. The Morgan fingerprint density at radius 2 is 1.56 bits per heavy atom. The van der Waals surface area contributed by atoms with Crippen molar-refractivity contribution in [2.45, 2.75) is 39.5 Å². The predicted molar refractivity (Wildman–Crippen MR) is 180 cm³/mol. The van der Waals surface area contributed by atoms with Crippen molar-refractivity contribution in [3.8, 4) is 22.6 Å². The van der Waals surface area contributed by atoms with Crippen LogP contribution >= 0.6 is 23.2 Å². The van der Waals surface area contributed by atoms with Gasteiger partial charge in [0.25, 0.3) is 0 Å². The highest BCUT2D eigenvalue weighted by Gasteiger charge is 2.18. The van der Waals surface area contributed by atoms with Gasteiger partial charge in [0.05, 0.1) is 10.0 Å². The predicted octanol–water partition coefficient (Wildman–Crippen LogP) is 8.01. The maximum absolute atomic E-state index is 11.4. The lowest BCUT2D eigenvalue weighted by Gasteiger charge is -2.21. The number of ether oxygens (including phenoxy) is 2. The highest BCUT2D eigenvalue weighted by Crippen LogP contribution is 2.34. The summed E-state index contributed by atoms with van der Waals surface area (Å²) < 4.78 is 11.6. The molecule has 9 heteroatoms. The van der Waals surface area contributed by atoms with E-state index < -0.39 is 6.09 Å². The van der Waals surface area contributed by atoms with Crippen molar-refractivity contribution in [1.82, 2.24) is 10.6 Å². The van der Waals surface area contributed by atoms with Crippen molar-refractivity contribution in [3.63, 3.8) is 0 Å². The van der Waals surface area contributed by atoms with Crippen LogP contribution in [0.1, 0.15) is 40.7 Å². The number of hydrogen-bond donors (Lipinski definition) is 3. The Bertz CT molecular complexity index is 1600. The number of carbonyl (C=O) groups excluding carboxylic acids is 1. The van der Waals surface area contributed by atoms with E-state index in [1.807, 2.05) is 43.3 Å². The number of amides is 2. The van der Waals surface area contributed by atoms with Crippen LogP contribution < -0.4 is 20.1 Å². The van der Waals surface area contributed by atoms with Crippen LogP contribution in [0.5, 0.6) is 11.5 Å². The first-order valence-electron chi connectivity index (χ1n) is 14.8. The van der Waals surface area contributed by atoms with Gasteiger partial charge in [-0.15, -0.1) is 0 Å². The molecule has 0 bridgehead atoms. The molecule has 0 saturated heterocycles. The van der Waals surface area contributed by atoms with Gasteiger partial charge in [0.1, 0.15) is 19.0 Å². The molecule has 1 unspecified atom stereocenters. The van der Waals surface area contributed by atoms with Crippen molar-refractivity contribution in [3.05, 3.63) is 117 Å². The van der Waals surface area contributed by atoms with Gasteiger partial charge in [-0.05, 0) is 89.9 Å². The van der Waals surface area contributed by atoms with Gasteiger partial charge in [-0.3, -0.25) is 4.79 Å². The van der Waals surface area contributed by atoms with E-state index >= 15 is 0 Å². The molecule has 0 aliphatic heterocycles. The largest absolute Gasteiger partial charge is 0.490 e. The maximum Gasteiger partial charge on any atom is 0.404 e. The van der Waals surface area contributed by atoms with Crippen LogP contribution in [0.15, 0.2) is 78.9 Å². The summed E-state index contributed by atoms with van der Waals surface area (Å²) in [4.78, 5) is 22.7. The molecular weight excluding hydrogens is 611 g/mol. The van der Waals surface area contributed by atoms with Crippen LogP contribution in [0, 0.1) is 13.8 Å². The van der Waals surface area contributed by atoms with Gasteiger partial charge >= 0.3 is 6.09 Å². The summed E-state index contributed by atoms with van der Waals surface area (Å²) in [5.74, 6) is 1.02. The van der Waals surface area contributed by atoms with Crippen LogP contribution in [0.3, 0.4) is 0 Å². The second kappa shape index (κ2) is 16.2. The number of nitrogens with one attached hydrogen (secondary N) is 2. The van der Waals surface area contributed by atoms with Gasteiger partial charge in [0.2, 0.25) is 5.91 Å². The summed E-state index contributed by atoms with van der Waals surface area (Å²) in [5.41, 5.74) is 7.52. The zero-order valence-corrected chi connectivity index (χ0v) is 27.2. The molecule has 0 saturated carbocycles. The third-order valence-corrected chi connectivity index (χ3v) is 8.01. The second-order valence-electron chi connectivity index (χ2n) is 10.9. The first-order valence-corrected chi connectivity index (χ1v) is 15.6. The fourth-order valence-electron chi connectivity index (χ4n) is 5.33. The Hall–Kier alpha value is -4.20. The summed E-state index contributed by atoms with van der Waals surface area (Å²) in [6.07, 6.45) is 0.312. The normalized spacial score (nSPS) is 11.5. The molecule has 4 rings (SSSR count). The van der Waals surface area contributed by atoms with E-state index in [2.05, 4.69) is 47.9 Å². The summed E-state index contributed by atoms with van der Waals surface area (Å²) in [5, 5.41) is 15.7. The number of rotatable bonds is 14. The van der Waals surface area contributed by atoms with Crippen molar-refractivity contribution >= 4 is 35.2 Å². The minimum absolute atomic E-state index is 0.0455. The standard InChI is InChI=1S/C36H38Cl2N2O5/c1-23-18-33(37)35(34(38)19-23)45-17-16-44-30-11-8-26(9-12-30)21-29(22-40-36(42)43)31-13-10-28(20-24(31)2)32-7-5-4-6-27(32)14-15-39-25(3)41/h4-13,18-20,29,40H,14-17,21-22H2,1-3H3,(H,39,41)(H,42,43). The van der Waals surface area contributed by atoms with E-state index in [1.54, 1.807) is 12.1 Å². The summed E-state index contributed by atoms with van der Waals surface area (Å²) in [6, 6.07) is 25.9. The average Bonchev–Trinajstić information content (AvgIpc) is 2.99. The zero-order valence-electron chi connectivity index (χ0n) is 25.7. The zero-order chi connectivity index (χ0) is 32.3. The van der Waals surface area contributed by atoms with Crippen molar-refractivity contribution in [2.75, 3.05) is 26.3 Å². The highest BCUT2D eigenvalue weighted by molar-refractivity contribution is 6.37. The summed E-state index contributed by atoms with van der Waals surface area (Å²) in [6.45, 7) is 6.93. The monoisotopic (exact) mass is 648 g/mol. The number of aryl methyl sites for hydroxylation is 2. The molecule has 2 amide bonds. The van der Waals surface area contributed by atoms with Gasteiger partial charge in [-0.2, -0.15) is 0 Å². The van der Waals surface area contributed by atoms with Gasteiger partial charge in [0.15, 0.2) is 5.75 Å². The molecule has 1 atom stereocenters. The maximum atomic E-state index is 11.4. The van der Waals surface area contributed by atoms with Gasteiger partial charge < -0.3 is 25.2 Å².